The number of carbonyl (C=O) groups excluding carboxylic acids is 2. The fourth-order valence-electron chi connectivity index (χ4n) is 4.05. The van der Waals surface area contributed by atoms with E-state index < -0.39 is 40.5 Å². The third-order valence-corrected chi connectivity index (χ3v) is 5.87. The molecule has 9 nitrogen and oxygen atoms in total. The molecule has 9 heteroatoms. The van der Waals surface area contributed by atoms with Gasteiger partial charge in [0, 0.05) is 23.1 Å². The first-order valence-electron chi connectivity index (χ1n) is 10.8. The highest BCUT2D eigenvalue weighted by Gasteiger charge is 2.31. The minimum Gasteiger partial charge on any atom is -0.504 e. The van der Waals surface area contributed by atoms with E-state index in [4.69, 9.17) is 13.9 Å². The first-order chi connectivity index (χ1) is 17.3. The van der Waals surface area contributed by atoms with Crippen LogP contribution in [0, 0.1) is 0 Å². The lowest BCUT2D eigenvalue weighted by Crippen LogP contribution is -2.13. The first kappa shape index (κ1) is 24.3. The highest BCUT2D eigenvalue weighted by molar-refractivity contribution is 5.94. The van der Waals surface area contributed by atoms with Crippen LogP contribution < -0.4 is 5.43 Å². The Morgan fingerprint density at radius 1 is 0.889 bits per heavy atom. The van der Waals surface area contributed by atoms with Crippen molar-refractivity contribution in [3.05, 3.63) is 87.6 Å². The van der Waals surface area contributed by atoms with E-state index in [2.05, 4.69) is 0 Å². The molecule has 36 heavy (non-hydrogen) atoms. The number of carbonyl (C=O) groups is 2. The zero-order valence-electron chi connectivity index (χ0n) is 19.3. The van der Waals surface area contributed by atoms with E-state index in [0.717, 1.165) is 6.07 Å². The number of hydrogen-bond donors (Lipinski definition) is 3. The molecule has 184 valence electrons. The molecule has 0 aliphatic rings. The maximum atomic E-state index is 13.0. The molecule has 4 rings (SSSR count). The van der Waals surface area contributed by atoms with E-state index in [1.807, 2.05) is 0 Å². The van der Waals surface area contributed by atoms with Gasteiger partial charge in [0.05, 0.1) is 26.2 Å². The average molecular weight is 490 g/mol. The van der Waals surface area contributed by atoms with Gasteiger partial charge in [-0.25, -0.2) is 4.79 Å². The van der Waals surface area contributed by atoms with E-state index >= 15 is 0 Å². The number of rotatable bonds is 6. The monoisotopic (exact) mass is 490 g/mol. The summed E-state index contributed by atoms with van der Waals surface area (Å²) in [6, 6.07) is 15.9. The predicted octanol–water partition coefficient (Wildman–Crippen LogP) is 4.06. The van der Waals surface area contributed by atoms with Gasteiger partial charge < -0.3 is 29.2 Å². The van der Waals surface area contributed by atoms with Gasteiger partial charge in [0.2, 0.25) is 5.75 Å². The fourth-order valence-corrected chi connectivity index (χ4v) is 4.05. The summed E-state index contributed by atoms with van der Waals surface area (Å²) in [5.74, 6) is -4.61. The molecule has 0 saturated carbocycles. The van der Waals surface area contributed by atoms with Crippen molar-refractivity contribution in [2.75, 3.05) is 14.2 Å². The van der Waals surface area contributed by atoms with Crippen LogP contribution in [0.5, 0.6) is 17.2 Å². The second-order valence-corrected chi connectivity index (χ2v) is 7.95. The normalized spacial score (nSPS) is 11.7. The Morgan fingerprint density at radius 2 is 1.56 bits per heavy atom. The number of aromatic hydroxyl groups is 3. The summed E-state index contributed by atoms with van der Waals surface area (Å²) in [7, 11) is 2.44. The molecule has 3 N–H and O–H groups in total. The second-order valence-electron chi connectivity index (χ2n) is 7.95. The van der Waals surface area contributed by atoms with Crippen LogP contribution in [0.2, 0.25) is 0 Å². The van der Waals surface area contributed by atoms with Crippen LogP contribution in [0.15, 0.2) is 69.9 Å². The maximum Gasteiger partial charge on any atom is 0.337 e. The molecule has 0 fully saturated rings. The Kier molecular flexibility index (Phi) is 6.64. The van der Waals surface area contributed by atoms with Crippen molar-refractivity contribution >= 4 is 22.9 Å². The van der Waals surface area contributed by atoms with E-state index in [1.54, 1.807) is 30.3 Å². The SMILES string of the molecule is COC(=O)CC(c1ccc(C(=O)OC)cc1)c1c(O)c(O)c(O)c2c(=O)cc(-c3ccccc3)oc12. The summed E-state index contributed by atoms with van der Waals surface area (Å²) in [5.41, 5.74) is 0.260. The lowest BCUT2D eigenvalue weighted by atomic mass is 9.85. The summed E-state index contributed by atoms with van der Waals surface area (Å²) in [5, 5.41) is 31.5. The third kappa shape index (κ3) is 4.34. The number of phenolic OH excluding ortho intramolecular Hbond substituents is 3. The van der Waals surface area contributed by atoms with Gasteiger partial charge in [0.1, 0.15) is 16.7 Å². The summed E-state index contributed by atoms with van der Waals surface area (Å²) in [6.07, 6.45) is -0.319. The van der Waals surface area contributed by atoms with Crippen LogP contribution in [0.25, 0.3) is 22.3 Å². The van der Waals surface area contributed by atoms with Crippen molar-refractivity contribution in [1.29, 1.82) is 0 Å². The van der Waals surface area contributed by atoms with Crippen LogP contribution in [0.1, 0.15) is 33.8 Å². The van der Waals surface area contributed by atoms with Gasteiger partial charge in [-0.15, -0.1) is 0 Å². The van der Waals surface area contributed by atoms with Crippen molar-refractivity contribution in [1.82, 2.24) is 0 Å². The topological polar surface area (TPSA) is 144 Å². The Labute approximate surface area is 204 Å². The molecule has 1 heterocycles. The quantitative estimate of drug-likeness (QED) is 0.269. The highest BCUT2D eigenvalue weighted by Crippen LogP contribution is 2.49. The molecule has 1 atom stereocenters. The summed E-state index contributed by atoms with van der Waals surface area (Å²) < 4.78 is 15.6. The molecule has 0 spiro atoms. The van der Waals surface area contributed by atoms with E-state index in [-0.39, 0.29) is 34.3 Å². The Bertz CT molecular complexity index is 1500. The Balaban J connectivity index is 2.03. The smallest absolute Gasteiger partial charge is 0.337 e. The number of phenols is 3. The number of ether oxygens (including phenoxy) is 2. The van der Waals surface area contributed by atoms with Crippen molar-refractivity contribution in [3.8, 4) is 28.6 Å². The predicted molar refractivity (Wildman–Crippen MR) is 129 cm³/mol. The fraction of sp³-hybridized carbons (Fsp3) is 0.148. The minimum atomic E-state index is -0.993. The molecule has 1 aromatic heterocycles. The largest absolute Gasteiger partial charge is 0.504 e. The van der Waals surface area contributed by atoms with E-state index in [0.29, 0.717) is 11.1 Å². The summed E-state index contributed by atoms with van der Waals surface area (Å²) in [6.45, 7) is 0. The third-order valence-electron chi connectivity index (χ3n) is 5.87. The lowest BCUT2D eigenvalue weighted by molar-refractivity contribution is -0.140. The van der Waals surface area contributed by atoms with Crippen molar-refractivity contribution in [2.45, 2.75) is 12.3 Å². The Hall–Kier alpha value is -4.79. The van der Waals surface area contributed by atoms with Crippen LogP contribution in [0.4, 0.5) is 0 Å². The molecular formula is C27H22O9. The molecule has 1 unspecified atom stereocenters. The zero-order chi connectivity index (χ0) is 26.0. The molecule has 0 saturated heterocycles. The number of esters is 2. The van der Waals surface area contributed by atoms with Gasteiger partial charge in [0.25, 0.3) is 0 Å². The minimum absolute atomic E-state index is 0.105. The van der Waals surface area contributed by atoms with Gasteiger partial charge in [-0.05, 0) is 17.7 Å². The number of benzene rings is 3. The molecule has 3 aromatic carbocycles. The molecule has 0 aliphatic heterocycles. The van der Waals surface area contributed by atoms with Crippen LogP contribution in [-0.4, -0.2) is 41.5 Å². The average Bonchev–Trinajstić information content (AvgIpc) is 2.90. The molecule has 4 aromatic rings. The van der Waals surface area contributed by atoms with Gasteiger partial charge in [-0.1, -0.05) is 42.5 Å². The van der Waals surface area contributed by atoms with Crippen molar-refractivity contribution in [3.63, 3.8) is 0 Å². The number of fused-ring (bicyclic) bond motifs is 1. The molecule has 0 bridgehead atoms. The highest BCUT2D eigenvalue weighted by atomic mass is 16.5. The van der Waals surface area contributed by atoms with E-state index in [1.165, 1.54) is 38.5 Å². The summed E-state index contributed by atoms with van der Waals surface area (Å²) >= 11 is 0. The molecule has 0 aliphatic carbocycles. The standard InChI is InChI=1S/C27H22O9/c1-34-20(29)12-17(14-8-10-16(11-9-14)27(33)35-2)21-23(30)25(32)24(31)22-18(28)13-19(36-26(21)22)15-6-4-3-5-7-15/h3-11,13,17,30-32H,12H2,1-2H3. The van der Waals surface area contributed by atoms with Crippen LogP contribution >= 0.6 is 0 Å². The van der Waals surface area contributed by atoms with Crippen LogP contribution in [-0.2, 0) is 14.3 Å². The lowest BCUT2D eigenvalue weighted by Gasteiger charge is -2.21. The maximum absolute atomic E-state index is 13.0. The van der Waals surface area contributed by atoms with Gasteiger partial charge in [-0.3, -0.25) is 9.59 Å². The molecular weight excluding hydrogens is 468 g/mol. The van der Waals surface area contributed by atoms with Gasteiger partial charge in [0.15, 0.2) is 16.9 Å². The van der Waals surface area contributed by atoms with E-state index in [9.17, 15) is 29.7 Å². The van der Waals surface area contributed by atoms with Gasteiger partial charge >= 0.3 is 11.9 Å². The zero-order valence-corrected chi connectivity index (χ0v) is 19.3. The number of hydrogen-bond acceptors (Lipinski definition) is 9. The molecule has 0 radical (unpaired) electrons. The first-order valence-corrected chi connectivity index (χ1v) is 10.8. The molecule has 0 amide bonds. The second kappa shape index (κ2) is 9.83. The van der Waals surface area contributed by atoms with Crippen molar-refractivity contribution < 1.29 is 38.8 Å². The van der Waals surface area contributed by atoms with Crippen LogP contribution in [0.3, 0.4) is 0 Å². The Morgan fingerprint density at radius 3 is 2.17 bits per heavy atom. The van der Waals surface area contributed by atoms with Crippen molar-refractivity contribution in [2.24, 2.45) is 0 Å². The number of methoxy groups -OCH3 is 2. The summed E-state index contributed by atoms with van der Waals surface area (Å²) in [4.78, 5) is 37.3. The van der Waals surface area contributed by atoms with Gasteiger partial charge in [-0.2, -0.15) is 0 Å².